The minimum atomic E-state index is -0.237. The molecule has 4 aromatic rings. The molecular formula is C20H20N4O2S. The Labute approximate surface area is 159 Å². The van der Waals surface area contributed by atoms with E-state index in [9.17, 15) is 9.59 Å². The van der Waals surface area contributed by atoms with Gasteiger partial charge < -0.3 is 0 Å². The van der Waals surface area contributed by atoms with Gasteiger partial charge in [-0.15, -0.1) is 16.4 Å². The van der Waals surface area contributed by atoms with Crippen LogP contribution in [0, 0.1) is 5.92 Å². The van der Waals surface area contributed by atoms with Crippen molar-refractivity contribution in [3.63, 3.8) is 0 Å². The highest BCUT2D eigenvalue weighted by Gasteiger charge is 2.18. The van der Waals surface area contributed by atoms with E-state index in [1.165, 1.54) is 16.0 Å². The van der Waals surface area contributed by atoms with E-state index < -0.39 is 0 Å². The molecule has 3 aromatic heterocycles. The van der Waals surface area contributed by atoms with Crippen molar-refractivity contribution in [3.8, 4) is 0 Å². The molecule has 0 radical (unpaired) electrons. The van der Waals surface area contributed by atoms with Crippen LogP contribution in [0.2, 0.25) is 0 Å². The molecule has 0 spiro atoms. The summed E-state index contributed by atoms with van der Waals surface area (Å²) < 4.78 is 5.17. The van der Waals surface area contributed by atoms with Gasteiger partial charge in [0, 0.05) is 6.54 Å². The third-order valence-electron chi connectivity index (χ3n) is 4.48. The van der Waals surface area contributed by atoms with Crippen LogP contribution in [0.15, 0.2) is 51.9 Å². The summed E-state index contributed by atoms with van der Waals surface area (Å²) in [5.74, 6) is 0.655. The number of hydrogen-bond acceptors (Lipinski definition) is 4. The van der Waals surface area contributed by atoms with Gasteiger partial charge in [-0.25, -0.2) is 13.9 Å². The summed E-state index contributed by atoms with van der Waals surface area (Å²) in [5, 5.41) is 6.34. The summed E-state index contributed by atoms with van der Waals surface area (Å²) in [5.41, 5.74) is 2.28. The normalized spacial score (nSPS) is 11.7. The molecule has 0 saturated heterocycles. The van der Waals surface area contributed by atoms with Crippen molar-refractivity contribution >= 4 is 33.4 Å². The van der Waals surface area contributed by atoms with Gasteiger partial charge in [0.05, 0.1) is 12.1 Å². The quantitative estimate of drug-likeness (QED) is 0.534. The largest absolute Gasteiger partial charge is 0.352 e. The average molecular weight is 380 g/mol. The summed E-state index contributed by atoms with van der Waals surface area (Å²) in [6.07, 6.45) is 1.78. The summed E-state index contributed by atoms with van der Waals surface area (Å²) >= 11 is 1.36. The molecule has 0 aliphatic carbocycles. The minimum absolute atomic E-state index is 0.0892. The first-order valence-electron chi connectivity index (χ1n) is 8.80. The Hall–Kier alpha value is -2.93. The highest BCUT2D eigenvalue weighted by atomic mass is 32.1. The third kappa shape index (κ3) is 2.94. The van der Waals surface area contributed by atoms with E-state index in [4.69, 9.17) is 0 Å². The molecule has 138 valence electrons. The lowest BCUT2D eigenvalue weighted by Gasteiger charge is -2.09. The van der Waals surface area contributed by atoms with Gasteiger partial charge in [-0.3, -0.25) is 9.36 Å². The van der Waals surface area contributed by atoms with Crippen molar-refractivity contribution in [2.75, 3.05) is 0 Å². The molecule has 0 bridgehead atoms. The second kappa shape index (κ2) is 6.66. The number of hydrogen-bond donors (Lipinski definition) is 0. The first-order valence-corrected chi connectivity index (χ1v) is 9.68. The van der Waals surface area contributed by atoms with Crippen LogP contribution < -0.4 is 11.2 Å². The topological polar surface area (TPSA) is 61.3 Å². The molecule has 0 unspecified atom stereocenters. The Morgan fingerprint density at radius 2 is 1.93 bits per heavy atom. The van der Waals surface area contributed by atoms with Crippen LogP contribution >= 0.6 is 11.3 Å². The molecule has 4 rings (SSSR count). The van der Waals surface area contributed by atoms with Gasteiger partial charge >= 0.3 is 5.69 Å². The van der Waals surface area contributed by atoms with Crippen molar-refractivity contribution in [2.45, 2.75) is 26.9 Å². The molecule has 0 N–H and O–H groups in total. The molecule has 27 heavy (non-hydrogen) atoms. The van der Waals surface area contributed by atoms with Crippen LogP contribution in [0.5, 0.6) is 0 Å². The Balaban J connectivity index is 1.92. The molecule has 3 heterocycles. The Bertz CT molecular complexity index is 1260. The average Bonchev–Trinajstić information content (AvgIpc) is 3.25. The van der Waals surface area contributed by atoms with Crippen molar-refractivity contribution in [1.82, 2.24) is 18.7 Å². The Morgan fingerprint density at radius 3 is 2.59 bits per heavy atom. The number of rotatable bonds is 5. The van der Waals surface area contributed by atoms with Crippen LogP contribution in [-0.4, -0.2) is 18.7 Å². The Morgan fingerprint density at radius 1 is 1.19 bits per heavy atom. The van der Waals surface area contributed by atoms with E-state index in [2.05, 4.69) is 11.7 Å². The van der Waals surface area contributed by atoms with E-state index in [0.29, 0.717) is 29.1 Å². The lowest BCUT2D eigenvalue weighted by molar-refractivity contribution is 0.516. The fraction of sp³-hybridized carbons (Fsp3) is 0.250. The van der Waals surface area contributed by atoms with Crippen molar-refractivity contribution in [2.24, 2.45) is 5.92 Å². The fourth-order valence-electron chi connectivity index (χ4n) is 3.20. The molecule has 0 fully saturated rings. The van der Waals surface area contributed by atoms with Gasteiger partial charge in [-0.05, 0) is 28.5 Å². The molecule has 0 saturated carbocycles. The third-order valence-corrected chi connectivity index (χ3v) is 5.38. The first-order chi connectivity index (χ1) is 13.0. The Kier molecular flexibility index (Phi) is 4.31. The zero-order valence-electron chi connectivity index (χ0n) is 15.3. The molecule has 0 aliphatic heterocycles. The monoisotopic (exact) mass is 380 g/mol. The second-order valence-electron chi connectivity index (χ2n) is 6.97. The SMILES string of the molecule is C=Cc1ccc(Cn2nc3n(CC(C)C)c(=O)c4sccc4n3c2=O)cc1. The van der Waals surface area contributed by atoms with Gasteiger partial charge in [0.1, 0.15) is 4.70 Å². The molecule has 6 nitrogen and oxygen atoms in total. The maximum absolute atomic E-state index is 13.1. The van der Waals surface area contributed by atoms with Crippen LogP contribution in [-0.2, 0) is 13.1 Å². The maximum Gasteiger partial charge on any atom is 0.352 e. The number of thiophene rings is 1. The molecule has 7 heteroatoms. The number of nitrogens with zero attached hydrogens (tertiary/aromatic N) is 4. The van der Waals surface area contributed by atoms with E-state index in [1.54, 1.807) is 21.1 Å². The fourth-order valence-corrected chi connectivity index (χ4v) is 4.02. The second-order valence-corrected chi connectivity index (χ2v) is 7.88. The zero-order chi connectivity index (χ0) is 19.1. The molecular weight excluding hydrogens is 360 g/mol. The van der Waals surface area contributed by atoms with E-state index >= 15 is 0 Å². The molecule has 0 amide bonds. The lowest BCUT2D eigenvalue weighted by Crippen LogP contribution is -2.27. The van der Waals surface area contributed by atoms with Crippen molar-refractivity contribution in [3.05, 3.63) is 74.3 Å². The van der Waals surface area contributed by atoms with Gasteiger partial charge in [0.25, 0.3) is 5.56 Å². The van der Waals surface area contributed by atoms with E-state index in [1.807, 2.05) is 43.5 Å². The van der Waals surface area contributed by atoms with Crippen LogP contribution in [0.3, 0.4) is 0 Å². The van der Waals surface area contributed by atoms with Crippen molar-refractivity contribution < 1.29 is 0 Å². The van der Waals surface area contributed by atoms with E-state index in [0.717, 1.165) is 11.1 Å². The van der Waals surface area contributed by atoms with Crippen LogP contribution in [0.25, 0.3) is 22.1 Å². The molecule has 0 aliphatic rings. The summed E-state index contributed by atoms with van der Waals surface area (Å²) in [7, 11) is 0. The summed E-state index contributed by atoms with van der Waals surface area (Å²) in [4.78, 5) is 25.9. The van der Waals surface area contributed by atoms with Crippen molar-refractivity contribution in [1.29, 1.82) is 0 Å². The lowest BCUT2D eigenvalue weighted by atomic mass is 10.1. The molecule has 1 aromatic carbocycles. The zero-order valence-corrected chi connectivity index (χ0v) is 16.1. The minimum Gasteiger partial charge on any atom is -0.275 e. The standard InChI is InChI=1S/C20H20N4O2S/c1-4-14-5-7-15(8-6-14)12-23-20(26)24-16-9-10-27-17(16)18(25)22(11-13(2)3)19(24)21-23/h4-10,13H,1,11-12H2,2-3H3. The number of fused-ring (bicyclic) bond motifs is 3. The summed E-state index contributed by atoms with van der Waals surface area (Å²) in [6.45, 7) is 8.69. The van der Waals surface area contributed by atoms with Gasteiger partial charge in [-0.2, -0.15) is 0 Å². The van der Waals surface area contributed by atoms with E-state index in [-0.39, 0.29) is 17.2 Å². The summed E-state index contributed by atoms with van der Waals surface area (Å²) in [6, 6.07) is 9.62. The molecule has 0 atom stereocenters. The van der Waals surface area contributed by atoms with Gasteiger partial charge in [0.2, 0.25) is 5.78 Å². The van der Waals surface area contributed by atoms with Gasteiger partial charge in [0.15, 0.2) is 0 Å². The first kappa shape index (κ1) is 17.5. The predicted octanol–water partition coefficient (Wildman–Crippen LogP) is 3.22. The van der Waals surface area contributed by atoms with Crippen LogP contribution in [0.4, 0.5) is 0 Å². The maximum atomic E-state index is 13.1. The van der Waals surface area contributed by atoms with Crippen LogP contribution in [0.1, 0.15) is 25.0 Å². The smallest absolute Gasteiger partial charge is 0.275 e. The number of benzene rings is 1. The predicted molar refractivity (Wildman–Crippen MR) is 110 cm³/mol. The highest BCUT2D eigenvalue weighted by molar-refractivity contribution is 7.17. The number of aromatic nitrogens is 4. The highest BCUT2D eigenvalue weighted by Crippen LogP contribution is 2.18. The van der Waals surface area contributed by atoms with Gasteiger partial charge in [-0.1, -0.05) is 50.8 Å².